The SMILES string of the molecule is CC1(C)C(Cn2c(=S)[nH]c3cc(F)c(Br)cc32)C1(C)C. The lowest BCUT2D eigenvalue weighted by Crippen LogP contribution is -2.04. The Bertz CT molecular complexity index is 743. The van der Waals surface area contributed by atoms with E-state index in [1.165, 1.54) is 6.07 Å². The predicted molar refractivity (Wildman–Crippen MR) is 85.8 cm³/mol. The molecular weight excluding hydrogens is 339 g/mol. The highest BCUT2D eigenvalue weighted by Crippen LogP contribution is 2.68. The Morgan fingerprint density at radius 3 is 2.45 bits per heavy atom. The number of imidazole rings is 1. The third-order valence-electron chi connectivity index (χ3n) is 5.50. The normalized spacial score (nSPS) is 20.5. The maximum Gasteiger partial charge on any atom is 0.178 e. The molecule has 0 unspecified atom stereocenters. The van der Waals surface area contributed by atoms with Gasteiger partial charge in [-0.15, -0.1) is 0 Å². The molecule has 1 aliphatic carbocycles. The van der Waals surface area contributed by atoms with Crippen LogP contribution in [0.2, 0.25) is 0 Å². The summed E-state index contributed by atoms with van der Waals surface area (Å²) in [4.78, 5) is 3.10. The van der Waals surface area contributed by atoms with Gasteiger partial charge in [0.05, 0.1) is 15.5 Å². The summed E-state index contributed by atoms with van der Waals surface area (Å²) in [5, 5.41) is 0. The summed E-state index contributed by atoms with van der Waals surface area (Å²) in [6, 6.07) is 3.30. The number of fused-ring (bicyclic) bond motifs is 1. The van der Waals surface area contributed by atoms with E-state index in [0.29, 0.717) is 26.0 Å². The Labute approximate surface area is 131 Å². The van der Waals surface area contributed by atoms with Gasteiger partial charge in [-0.25, -0.2) is 4.39 Å². The molecule has 1 saturated carbocycles. The van der Waals surface area contributed by atoms with Crippen molar-refractivity contribution in [2.45, 2.75) is 34.2 Å². The standard InChI is InChI=1S/C15H18BrFN2S/c1-14(2)12(15(14,3)4)7-19-11-5-8(16)9(17)6-10(11)18-13(19)20/h5-6,12H,7H2,1-4H3,(H,18,20). The zero-order chi connectivity index (χ0) is 14.9. The molecular formula is C15H18BrFN2S. The fourth-order valence-corrected chi connectivity index (χ4v) is 3.92. The molecule has 2 nitrogen and oxygen atoms in total. The van der Waals surface area contributed by atoms with Crippen molar-refractivity contribution in [2.75, 3.05) is 0 Å². The lowest BCUT2D eigenvalue weighted by atomic mass is 10.0. The van der Waals surface area contributed by atoms with Crippen LogP contribution >= 0.6 is 28.1 Å². The molecule has 1 fully saturated rings. The van der Waals surface area contributed by atoms with Crippen molar-refractivity contribution in [1.82, 2.24) is 9.55 Å². The predicted octanol–water partition coefficient (Wildman–Crippen LogP) is 5.28. The highest BCUT2D eigenvalue weighted by atomic mass is 79.9. The van der Waals surface area contributed by atoms with E-state index >= 15 is 0 Å². The zero-order valence-corrected chi connectivity index (χ0v) is 14.5. The van der Waals surface area contributed by atoms with Crippen LogP contribution in [-0.2, 0) is 6.54 Å². The van der Waals surface area contributed by atoms with Gasteiger partial charge in [-0.3, -0.25) is 0 Å². The van der Waals surface area contributed by atoms with Crippen molar-refractivity contribution in [2.24, 2.45) is 16.7 Å². The van der Waals surface area contributed by atoms with Gasteiger partial charge in [0.1, 0.15) is 5.82 Å². The minimum atomic E-state index is -0.270. The van der Waals surface area contributed by atoms with Crippen LogP contribution in [0.15, 0.2) is 16.6 Å². The van der Waals surface area contributed by atoms with Gasteiger partial charge in [0.25, 0.3) is 0 Å². The summed E-state index contributed by atoms with van der Waals surface area (Å²) in [5.41, 5.74) is 2.33. The van der Waals surface area contributed by atoms with Crippen LogP contribution in [0.3, 0.4) is 0 Å². The van der Waals surface area contributed by atoms with Crippen LogP contribution in [0, 0.1) is 27.3 Å². The molecule has 0 spiro atoms. The van der Waals surface area contributed by atoms with Gasteiger partial charge in [-0.05, 0) is 51.0 Å². The van der Waals surface area contributed by atoms with E-state index in [4.69, 9.17) is 12.2 Å². The van der Waals surface area contributed by atoms with Crippen molar-refractivity contribution in [3.63, 3.8) is 0 Å². The number of halogens is 2. The van der Waals surface area contributed by atoms with E-state index < -0.39 is 0 Å². The van der Waals surface area contributed by atoms with Gasteiger partial charge < -0.3 is 9.55 Å². The second-order valence-corrected chi connectivity index (χ2v) is 8.06. The Kier molecular flexibility index (Phi) is 2.97. The monoisotopic (exact) mass is 356 g/mol. The Balaban J connectivity index is 2.07. The maximum absolute atomic E-state index is 13.6. The number of hydrogen-bond donors (Lipinski definition) is 1. The van der Waals surface area contributed by atoms with E-state index in [1.54, 1.807) is 6.07 Å². The highest BCUT2D eigenvalue weighted by molar-refractivity contribution is 9.10. The van der Waals surface area contributed by atoms with E-state index in [1.807, 2.05) is 0 Å². The van der Waals surface area contributed by atoms with Crippen LogP contribution in [0.4, 0.5) is 4.39 Å². The van der Waals surface area contributed by atoms with Crippen molar-refractivity contribution in [3.8, 4) is 0 Å². The number of benzene rings is 1. The summed E-state index contributed by atoms with van der Waals surface area (Å²) in [5.74, 6) is 0.303. The number of aromatic amines is 1. The van der Waals surface area contributed by atoms with Crippen LogP contribution in [-0.4, -0.2) is 9.55 Å². The number of aromatic nitrogens is 2. The van der Waals surface area contributed by atoms with Gasteiger partial charge >= 0.3 is 0 Å². The average molecular weight is 357 g/mol. The molecule has 5 heteroatoms. The van der Waals surface area contributed by atoms with Crippen LogP contribution < -0.4 is 0 Å². The fraction of sp³-hybridized carbons (Fsp3) is 0.533. The molecule has 0 atom stereocenters. The van der Waals surface area contributed by atoms with Crippen LogP contribution in [0.1, 0.15) is 27.7 Å². The third-order valence-corrected chi connectivity index (χ3v) is 6.43. The number of nitrogens with one attached hydrogen (secondary N) is 1. The van der Waals surface area contributed by atoms with Gasteiger partial charge in [-0.1, -0.05) is 27.7 Å². The number of hydrogen-bond acceptors (Lipinski definition) is 1. The second-order valence-electron chi connectivity index (χ2n) is 6.82. The Morgan fingerprint density at radius 1 is 1.30 bits per heavy atom. The van der Waals surface area contributed by atoms with Crippen molar-refractivity contribution < 1.29 is 4.39 Å². The molecule has 1 aromatic heterocycles. The first-order valence-corrected chi connectivity index (χ1v) is 7.94. The quantitative estimate of drug-likeness (QED) is 0.725. The first-order valence-electron chi connectivity index (χ1n) is 6.74. The molecule has 0 aliphatic heterocycles. The highest BCUT2D eigenvalue weighted by Gasteiger charge is 2.64. The number of rotatable bonds is 2. The molecule has 0 radical (unpaired) electrons. The zero-order valence-electron chi connectivity index (χ0n) is 12.1. The minimum Gasteiger partial charge on any atom is -0.330 e. The summed E-state index contributed by atoms with van der Waals surface area (Å²) < 4.78 is 16.8. The first-order chi connectivity index (χ1) is 9.16. The van der Waals surface area contributed by atoms with Gasteiger partial charge in [0.15, 0.2) is 4.77 Å². The van der Waals surface area contributed by atoms with Crippen LogP contribution in [0.25, 0.3) is 11.0 Å². The largest absolute Gasteiger partial charge is 0.330 e. The fourth-order valence-electron chi connectivity index (χ4n) is 3.31. The lowest BCUT2D eigenvalue weighted by molar-refractivity contribution is 0.457. The summed E-state index contributed by atoms with van der Waals surface area (Å²) in [6.45, 7) is 10.1. The summed E-state index contributed by atoms with van der Waals surface area (Å²) in [7, 11) is 0. The first kappa shape index (κ1) is 14.3. The second kappa shape index (κ2) is 4.17. The molecule has 0 amide bonds. The Morgan fingerprint density at radius 2 is 1.90 bits per heavy atom. The molecule has 1 N–H and O–H groups in total. The van der Waals surface area contributed by atoms with E-state index in [-0.39, 0.29) is 5.82 Å². The molecule has 3 rings (SSSR count). The molecule has 2 aromatic rings. The smallest absolute Gasteiger partial charge is 0.178 e. The minimum absolute atomic E-state index is 0.270. The maximum atomic E-state index is 13.6. The van der Waals surface area contributed by atoms with Crippen molar-refractivity contribution >= 4 is 39.2 Å². The molecule has 1 aromatic carbocycles. The van der Waals surface area contributed by atoms with Gasteiger partial charge in [0, 0.05) is 12.6 Å². The van der Waals surface area contributed by atoms with Crippen LogP contribution in [0.5, 0.6) is 0 Å². The summed E-state index contributed by atoms with van der Waals surface area (Å²) in [6.07, 6.45) is 0. The van der Waals surface area contributed by atoms with Gasteiger partial charge in [-0.2, -0.15) is 0 Å². The average Bonchev–Trinajstić information content (AvgIpc) is 2.60. The third kappa shape index (κ3) is 1.82. The summed E-state index contributed by atoms with van der Waals surface area (Å²) >= 11 is 8.66. The molecule has 108 valence electrons. The van der Waals surface area contributed by atoms with E-state index in [2.05, 4.69) is 53.2 Å². The Hall–Kier alpha value is -0.680. The topological polar surface area (TPSA) is 20.7 Å². The van der Waals surface area contributed by atoms with Crippen molar-refractivity contribution in [1.29, 1.82) is 0 Å². The molecule has 0 bridgehead atoms. The van der Waals surface area contributed by atoms with E-state index in [9.17, 15) is 4.39 Å². The number of H-pyrrole nitrogens is 1. The van der Waals surface area contributed by atoms with Gasteiger partial charge in [0.2, 0.25) is 0 Å². The number of nitrogens with zero attached hydrogens (tertiary/aromatic N) is 1. The van der Waals surface area contributed by atoms with Crippen molar-refractivity contribution in [3.05, 3.63) is 27.2 Å². The van der Waals surface area contributed by atoms with E-state index in [0.717, 1.165) is 17.6 Å². The lowest BCUT2D eigenvalue weighted by Gasteiger charge is -2.06. The molecule has 0 saturated heterocycles. The molecule has 1 heterocycles. The molecule has 20 heavy (non-hydrogen) atoms. The molecule has 1 aliphatic rings.